The minimum atomic E-state index is -0.0308. The van der Waals surface area contributed by atoms with Crippen LogP contribution < -0.4 is 5.32 Å². The SMILES string of the molecule is CN1CCCC1CNC(=O)c1csc(C#CCCO)c1. The van der Waals surface area contributed by atoms with Gasteiger partial charge in [0.05, 0.1) is 17.0 Å². The Balaban J connectivity index is 1.85. The molecule has 108 valence electrons. The van der Waals surface area contributed by atoms with E-state index in [1.54, 1.807) is 0 Å². The molecule has 0 bridgehead atoms. The number of carbonyl (C=O) groups excluding carboxylic acids is 1. The van der Waals surface area contributed by atoms with Gasteiger partial charge in [0.25, 0.3) is 5.91 Å². The molecule has 5 heteroatoms. The standard InChI is InChI=1S/C15H20N2O2S/c1-17-7-4-5-13(17)10-16-15(19)12-9-14(20-11-12)6-2-3-8-18/h9,11,13,18H,3-5,7-8,10H2,1H3,(H,16,19). The van der Waals surface area contributed by atoms with Gasteiger partial charge in [0.1, 0.15) is 0 Å². The molecular weight excluding hydrogens is 272 g/mol. The average Bonchev–Trinajstić information content (AvgIpc) is 3.06. The summed E-state index contributed by atoms with van der Waals surface area (Å²) in [6.07, 6.45) is 2.83. The lowest BCUT2D eigenvalue weighted by atomic mass is 10.2. The predicted molar refractivity (Wildman–Crippen MR) is 80.9 cm³/mol. The Labute approximate surface area is 123 Å². The highest BCUT2D eigenvalue weighted by molar-refractivity contribution is 7.10. The van der Waals surface area contributed by atoms with E-state index in [4.69, 9.17) is 5.11 Å². The fraction of sp³-hybridized carbons (Fsp3) is 0.533. The van der Waals surface area contributed by atoms with Gasteiger partial charge in [0.15, 0.2) is 0 Å². The largest absolute Gasteiger partial charge is 0.395 e. The summed E-state index contributed by atoms with van der Waals surface area (Å²) in [5, 5.41) is 13.5. The smallest absolute Gasteiger partial charge is 0.252 e. The molecule has 1 fully saturated rings. The number of carbonyl (C=O) groups is 1. The van der Waals surface area contributed by atoms with Crippen LogP contribution in [0.5, 0.6) is 0 Å². The molecule has 1 atom stereocenters. The molecule has 1 amide bonds. The van der Waals surface area contributed by atoms with Crippen LogP contribution in [0.1, 0.15) is 34.5 Å². The topological polar surface area (TPSA) is 52.6 Å². The van der Waals surface area contributed by atoms with Crippen molar-refractivity contribution in [2.75, 3.05) is 26.7 Å². The van der Waals surface area contributed by atoms with Crippen molar-refractivity contribution in [3.63, 3.8) is 0 Å². The van der Waals surface area contributed by atoms with Crippen LogP contribution in [0, 0.1) is 11.8 Å². The zero-order chi connectivity index (χ0) is 14.4. The zero-order valence-corrected chi connectivity index (χ0v) is 12.5. The van der Waals surface area contributed by atoms with E-state index in [0.29, 0.717) is 24.6 Å². The summed E-state index contributed by atoms with van der Waals surface area (Å²) in [5.74, 6) is 5.77. The van der Waals surface area contributed by atoms with Crippen molar-refractivity contribution in [2.24, 2.45) is 0 Å². The van der Waals surface area contributed by atoms with Crippen LogP contribution >= 0.6 is 11.3 Å². The van der Waals surface area contributed by atoms with Gasteiger partial charge in [-0.1, -0.05) is 11.8 Å². The second kappa shape index (κ2) is 7.44. The maximum atomic E-state index is 12.0. The summed E-state index contributed by atoms with van der Waals surface area (Å²) < 4.78 is 0. The summed E-state index contributed by atoms with van der Waals surface area (Å²) in [7, 11) is 2.10. The second-order valence-electron chi connectivity index (χ2n) is 4.96. The van der Waals surface area contributed by atoms with Crippen LogP contribution in [0.2, 0.25) is 0 Å². The summed E-state index contributed by atoms with van der Waals surface area (Å²) in [5.41, 5.74) is 0.670. The summed E-state index contributed by atoms with van der Waals surface area (Å²) in [6.45, 7) is 1.89. The fourth-order valence-corrected chi connectivity index (χ4v) is 3.03. The highest BCUT2D eigenvalue weighted by Gasteiger charge is 2.21. The summed E-state index contributed by atoms with van der Waals surface area (Å²) >= 11 is 1.46. The van der Waals surface area contributed by atoms with Crippen LogP contribution in [-0.4, -0.2) is 48.7 Å². The van der Waals surface area contributed by atoms with Crippen LogP contribution in [0.3, 0.4) is 0 Å². The van der Waals surface area contributed by atoms with E-state index < -0.39 is 0 Å². The van der Waals surface area contributed by atoms with E-state index in [-0.39, 0.29) is 12.5 Å². The first-order valence-corrected chi connectivity index (χ1v) is 7.75. The third-order valence-corrected chi connectivity index (χ3v) is 4.33. The van der Waals surface area contributed by atoms with E-state index in [9.17, 15) is 4.79 Å². The van der Waals surface area contributed by atoms with Crippen LogP contribution in [0.4, 0.5) is 0 Å². The first kappa shape index (κ1) is 15.0. The maximum absolute atomic E-state index is 12.0. The van der Waals surface area contributed by atoms with Gasteiger partial charge in [-0.25, -0.2) is 0 Å². The van der Waals surface area contributed by atoms with Gasteiger partial charge >= 0.3 is 0 Å². The van der Waals surface area contributed by atoms with Gasteiger partial charge in [0, 0.05) is 24.4 Å². The maximum Gasteiger partial charge on any atom is 0.252 e. The first-order valence-electron chi connectivity index (χ1n) is 6.87. The molecule has 4 nitrogen and oxygen atoms in total. The Morgan fingerprint density at radius 3 is 3.20 bits per heavy atom. The van der Waals surface area contributed by atoms with Gasteiger partial charge in [0.2, 0.25) is 0 Å². The Bertz CT molecular complexity index is 515. The van der Waals surface area contributed by atoms with Crippen molar-refractivity contribution in [1.82, 2.24) is 10.2 Å². The number of hydrogen-bond acceptors (Lipinski definition) is 4. The number of rotatable bonds is 4. The number of thiophene rings is 1. The van der Waals surface area contributed by atoms with E-state index in [1.165, 1.54) is 17.8 Å². The van der Waals surface area contributed by atoms with Crippen molar-refractivity contribution >= 4 is 17.2 Å². The second-order valence-corrected chi connectivity index (χ2v) is 5.87. The molecule has 0 aliphatic carbocycles. The van der Waals surface area contributed by atoms with Gasteiger partial charge in [-0.15, -0.1) is 11.3 Å². The first-order chi connectivity index (χ1) is 9.70. The molecule has 2 heterocycles. The highest BCUT2D eigenvalue weighted by atomic mass is 32.1. The molecule has 2 rings (SSSR count). The third kappa shape index (κ3) is 4.07. The number of hydrogen-bond donors (Lipinski definition) is 2. The molecule has 20 heavy (non-hydrogen) atoms. The molecule has 1 aromatic rings. The van der Waals surface area contributed by atoms with Crippen molar-refractivity contribution in [3.8, 4) is 11.8 Å². The predicted octanol–water partition coefficient (Wildman–Crippen LogP) is 1.31. The molecule has 1 aromatic heterocycles. The van der Waals surface area contributed by atoms with E-state index in [0.717, 1.165) is 17.8 Å². The van der Waals surface area contributed by atoms with Gasteiger partial charge in [-0.05, 0) is 32.5 Å². The number of nitrogens with one attached hydrogen (secondary N) is 1. The molecule has 0 radical (unpaired) electrons. The molecule has 0 saturated carbocycles. The van der Waals surface area contributed by atoms with Crippen LogP contribution in [-0.2, 0) is 0 Å². The lowest BCUT2D eigenvalue weighted by Gasteiger charge is -2.19. The summed E-state index contributed by atoms with van der Waals surface area (Å²) in [4.78, 5) is 15.2. The number of nitrogens with zero attached hydrogens (tertiary/aromatic N) is 1. The molecule has 1 aliphatic rings. The number of aliphatic hydroxyl groups is 1. The minimum Gasteiger partial charge on any atom is -0.395 e. The van der Waals surface area contributed by atoms with Gasteiger partial charge < -0.3 is 15.3 Å². The lowest BCUT2D eigenvalue weighted by Crippen LogP contribution is -2.38. The summed E-state index contributed by atoms with van der Waals surface area (Å²) in [6, 6.07) is 2.27. The van der Waals surface area contributed by atoms with Crippen molar-refractivity contribution < 1.29 is 9.90 Å². The zero-order valence-electron chi connectivity index (χ0n) is 11.7. The molecule has 1 unspecified atom stereocenters. The normalized spacial score (nSPS) is 18.6. The van der Waals surface area contributed by atoms with E-state index in [2.05, 4.69) is 29.1 Å². The lowest BCUT2D eigenvalue weighted by molar-refractivity contribution is 0.0944. The number of likely N-dealkylation sites (tertiary alicyclic amines) is 1. The molecule has 1 aliphatic heterocycles. The van der Waals surface area contributed by atoms with Gasteiger partial charge in [-0.3, -0.25) is 4.79 Å². The minimum absolute atomic E-state index is 0.0308. The Hall–Kier alpha value is -1.35. The monoisotopic (exact) mass is 292 g/mol. The van der Waals surface area contributed by atoms with Crippen molar-refractivity contribution in [1.29, 1.82) is 0 Å². The van der Waals surface area contributed by atoms with E-state index in [1.807, 2.05) is 11.4 Å². The Morgan fingerprint density at radius 2 is 2.50 bits per heavy atom. The number of aliphatic hydroxyl groups excluding tert-OH is 1. The molecule has 0 aromatic carbocycles. The van der Waals surface area contributed by atoms with Crippen LogP contribution in [0.15, 0.2) is 11.4 Å². The fourth-order valence-electron chi connectivity index (χ4n) is 2.28. The molecule has 1 saturated heterocycles. The number of amides is 1. The quantitative estimate of drug-likeness (QED) is 0.823. The van der Waals surface area contributed by atoms with Crippen molar-refractivity contribution in [3.05, 3.63) is 21.9 Å². The van der Waals surface area contributed by atoms with Gasteiger partial charge in [-0.2, -0.15) is 0 Å². The molecule has 2 N–H and O–H groups in total. The highest BCUT2D eigenvalue weighted by Crippen LogP contribution is 2.15. The third-order valence-electron chi connectivity index (χ3n) is 3.48. The molecular formula is C15H20N2O2S. The molecule has 0 spiro atoms. The average molecular weight is 292 g/mol. The van der Waals surface area contributed by atoms with Crippen molar-refractivity contribution in [2.45, 2.75) is 25.3 Å². The number of likely N-dealkylation sites (N-methyl/N-ethyl adjacent to an activating group) is 1. The van der Waals surface area contributed by atoms with E-state index >= 15 is 0 Å². The van der Waals surface area contributed by atoms with Crippen LogP contribution in [0.25, 0.3) is 0 Å². The Morgan fingerprint density at radius 1 is 1.65 bits per heavy atom. The Kier molecular flexibility index (Phi) is 5.60.